The van der Waals surface area contributed by atoms with E-state index in [1.807, 2.05) is 0 Å². The van der Waals surface area contributed by atoms with E-state index in [-0.39, 0.29) is 0 Å². The van der Waals surface area contributed by atoms with Gasteiger partial charge in [-0.2, -0.15) is 0 Å². The highest BCUT2D eigenvalue weighted by atomic mass is 16.5. The molecule has 0 spiro atoms. The van der Waals surface area contributed by atoms with Crippen molar-refractivity contribution in [1.82, 2.24) is 0 Å². The van der Waals surface area contributed by atoms with Gasteiger partial charge in [0.2, 0.25) is 0 Å². The minimum absolute atomic E-state index is 0.869. The minimum Gasteiger partial charge on any atom is -0.495 e. The van der Waals surface area contributed by atoms with Crippen molar-refractivity contribution < 1.29 is 9.47 Å². The summed E-state index contributed by atoms with van der Waals surface area (Å²) in [5, 5.41) is 6.61. The van der Waals surface area contributed by atoms with E-state index in [1.165, 1.54) is 10.8 Å². The van der Waals surface area contributed by atoms with Crippen LogP contribution in [0.15, 0.2) is 109 Å². The molecule has 0 aliphatic rings. The first-order valence-electron chi connectivity index (χ1n) is 11.5. The van der Waals surface area contributed by atoms with Gasteiger partial charge in [0.25, 0.3) is 0 Å². The average molecular weight is 441 g/mol. The Morgan fingerprint density at radius 2 is 0.706 bits per heavy atom. The van der Waals surface area contributed by atoms with Crippen LogP contribution in [0.1, 0.15) is 0 Å². The fraction of sp³-hybridized carbons (Fsp3) is 0.0625. The standard InChI is InChI=1S/C32H24O2/c1-33-31-25-19-11-12-20-26(25)32(34-2)30-28(22-15-7-4-8-16-22)24-18-10-9-17-23(24)27(29(30)31)21-13-5-3-6-14-21/h3-20H,1-2H3. The molecule has 0 bridgehead atoms. The van der Waals surface area contributed by atoms with Crippen molar-refractivity contribution in [1.29, 1.82) is 0 Å². The van der Waals surface area contributed by atoms with E-state index in [9.17, 15) is 0 Å². The van der Waals surface area contributed by atoms with Crippen molar-refractivity contribution in [3.8, 4) is 33.8 Å². The molecular weight excluding hydrogens is 416 g/mol. The Morgan fingerprint density at radius 3 is 1.06 bits per heavy atom. The molecule has 0 unspecified atom stereocenters. The summed E-state index contributed by atoms with van der Waals surface area (Å²) in [6, 6.07) is 38.1. The highest BCUT2D eigenvalue weighted by Crippen LogP contribution is 2.53. The lowest BCUT2D eigenvalue weighted by atomic mass is 9.84. The Bertz CT molecular complexity index is 1530. The zero-order valence-corrected chi connectivity index (χ0v) is 19.2. The Morgan fingerprint density at radius 1 is 0.382 bits per heavy atom. The van der Waals surface area contributed by atoms with Crippen LogP contribution in [-0.4, -0.2) is 14.2 Å². The number of fused-ring (bicyclic) bond motifs is 3. The molecule has 0 atom stereocenters. The molecule has 0 amide bonds. The number of ether oxygens (including phenoxy) is 2. The van der Waals surface area contributed by atoms with Crippen LogP contribution in [0.3, 0.4) is 0 Å². The van der Waals surface area contributed by atoms with Gasteiger partial charge >= 0.3 is 0 Å². The van der Waals surface area contributed by atoms with Crippen LogP contribution in [0.25, 0.3) is 54.6 Å². The second kappa shape index (κ2) is 8.24. The normalized spacial score (nSPS) is 11.2. The molecule has 6 rings (SSSR count). The first kappa shape index (κ1) is 20.3. The predicted octanol–water partition coefficient (Wildman–Crippen LogP) is 8.50. The molecule has 6 aromatic carbocycles. The second-order valence-electron chi connectivity index (χ2n) is 8.39. The Kier molecular flexibility index (Phi) is 4.92. The number of rotatable bonds is 4. The summed E-state index contributed by atoms with van der Waals surface area (Å²) >= 11 is 0. The topological polar surface area (TPSA) is 18.5 Å². The fourth-order valence-corrected chi connectivity index (χ4v) is 5.27. The van der Waals surface area contributed by atoms with Crippen molar-refractivity contribution in [3.63, 3.8) is 0 Å². The molecule has 0 radical (unpaired) electrons. The van der Waals surface area contributed by atoms with Crippen LogP contribution in [-0.2, 0) is 0 Å². The van der Waals surface area contributed by atoms with Crippen molar-refractivity contribution in [2.75, 3.05) is 14.2 Å². The lowest BCUT2D eigenvalue weighted by molar-refractivity contribution is 0.418. The van der Waals surface area contributed by atoms with Crippen LogP contribution in [0.5, 0.6) is 11.5 Å². The lowest BCUT2D eigenvalue weighted by Crippen LogP contribution is -1.98. The third-order valence-electron chi connectivity index (χ3n) is 6.62. The van der Waals surface area contributed by atoms with E-state index < -0.39 is 0 Å². The van der Waals surface area contributed by atoms with Gasteiger partial charge < -0.3 is 9.47 Å². The second-order valence-corrected chi connectivity index (χ2v) is 8.39. The van der Waals surface area contributed by atoms with E-state index >= 15 is 0 Å². The first-order valence-corrected chi connectivity index (χ1v) is 11.5. The first-order chi connectivity index (χ1) is 16.8. The highest BCUT2D eigenvalue weighted by Gasteiger charge is 2.25. The van der Waals surface area contributed by atoms with Crippen LogP contribution in [0.4, 0.5) is 0 Å². The summed E-state index contributed by atoms with van der Waals surface area (Å²) in [4.78, 5) is 0. The number of hydrogen-bond donors (Lipinski definition) is 0. The maximum absolute atomic E-state index is 6.19. The summed E-state index contributed by atoms with van der Waals surface area (Å²) < 4.78 is 12.4. The zero-order valence-electron chi connectivity index (χ0n) is 19.2. The smallest absolute Gasteiger partial charge is 0.135 e. The van der Waals surface area contributed by atoms with Gasteiger partial charge in [-0.1, -0.05) is 109 Å². The largest absolute Gasteiger partial charge is 0.495 e. The molecule has 0 N–H and O–H groups in total. The average Bonchev–Trinajstić information content (AvgIpc) is 2.91. The SMILES string of the molecule is COc1c2ccccc2c(OC)c2c(-c3ccccc3)c3ccccc3c(-c3ccccc3)c12. The summed E-state index contributed by atoms with van der Waals surface area (Å²) in [5.41, 5.74) is 4.62. The Balaban J connectivity index is 2.00. The highest BCUT2D eigenvalue weighted by molar-refractivity contribution is 6.28. The molecule has 0 heterocycles. The zero-order chi connectivity index (χ0) is 23.1. The molecule has 2 heteroatoms. The van der Waals surface area contributed by atoms with E-state index in [2.05, 4.69) is 109 Å². The van der Waals surface area contributed by atoms with E-state index in [1.54, 1.807) is 14.2 Å². The predicted molar refractivity (Wildman–Crippen MR) is 143 cm³/mol. The Labute approximate surface area is 199 Å². The quantitative estimate of drug-likeness (QED) is 0.256. The molecule has 6 aromatic rings. The van der Waals surface area contributed by atoms with Crippen molar-refractivity contribution >= 4 is 32.3 Å². The lowest BCUT2D eigenvalue weighted by Gasteiger charge is -2.23. The van der Waals surface area contributed by atoms with E-state index in [4.69, 9.17) is 9.47 Å². The number of hydrogen-bond acceptors (Lipinski definition) is 2. The summed E-state index contributed by atoms with van der Waals surface area (Å²) in [7, 11) is 3.53. The van der Waals surface area contributed by atoms with Gasteiger partial charge in [-0.3, -0.25) is 0 Å². The summed E-state index contributed by atoms with van der Waals surface area (Å²) in [5.74, 6) is 1.74. The number of benzene rings is 6. The monoisotopic (exact) mass is 440 g/mol. The minimum atomic E-state index is 0.869. The molecule has 0 aromatic heterocycles. The fourth-order valence-electron chi connectivity index (χ4n) is 5.27. The summed E-state index contributed by atoms with van der Waals surface area (Å²) in [6.45, 7) is 0. The van der Waals surface area contributed by atoms with Crippen LogP contribution in [0, 0.1) is 0 Å². The van der Waals surface area contributed by atoms with Gasteiger partial charge in [0.1, 0.15) is 11.5 Å². The van der Waals surface area contributed by atoms with Crippen molar-refractivity contribution in [2.45, 2.75) is 0 Å². The van der Waals surface area contributed by atoms with Gasteiger partial charge in [-0.05, 0) is 21.9 Å². The molecule has 2 nitrogen and oxygen atoms in total. The Hall–Kier alpha value is -4.30. The maximum Gasteiger partial charge on any atom is 0.135 e. The number of methoxy groups -OCH3 is 2. The molecule has 0 fully saturated rings. The molecule has 0 saturated heterocycles. The van der Waals surface area contributed by atoms with Gasteiger partial charge in [0.05, 0.1) is 14.2 Å². The van der Waals surface area contributed by atoms with Crippen molar-refractivity contribution in [2.24, 2.45) is 0 Å². The van der Waals surface area contributed by atoms with Gasteiger partial charge in [0.15, 0.2) is 0 Å². The molecular formula is C32H24O2. The van der Waals surface area contributed by atoms with Gasteiger partial charge in [-0.25, -0.2) is 0 Å². The van der Waals surface area contributed by atoms with Crippen LogP contribution in [0.2, 0.25) is 0 Å². The van der Waals surface area contributed by atoms with Crippen molar-refractivity contribution in [3.05, 3.63) is 109 Å². The molecule has 0 aliphatic heterocycles. The third-order valence-corrected chi connectivity index (χ3v) is 6.62. The van der Waals surface area contributed by atoms with Crippen LogP contribution < -0.4 is 9.47 Å². The van der Waals surface area contributed by atoms with Gasteiger partial charge in [-0.15, -0.1) is 0 Å². The maximum atomic E-state index is 6.19. The van der Waals surface area contributed by atoms with Crippen LogP contribution >= 0.6 is 0 Å². The molecule has 0 aliphatic carbocycles. The summed E-state index contributed by atoms with van der Waals surface area (Å²) in [6.07, 6.45) is 0. The molecule has 0 saturated carbocycles. The van der Waals surface area contributed by atoms with E-state index in [0.29, 0.717) is 0 Å². The molecule has 164 valence electrons. The van der Waals surface area contributed by atoms with E-state index in [0.717, 1.165) is 55.3 Å². The third kappa shape index (κ3) is 2.96. The molecule has 34 heavy (non-hydrogen) atoms. The van der Waals surface area contributed by atoms with Gasteiger partial charge in [0, 0.05) is 32.7 Å².